The van der Waals surface area contributed by atoms with Crippen LogP contribution in [-0.2, 0) is 14.8 Å². The molecule has 36 heavy (non-hydrogen) atoms. The second kappa shape index (κ2) is 10.3. The van der Waals surface area contributed by atoms with Crippen LogP contribution in [0.3, 0.4) is 0 Å². The van der Waals surface area contributed by atoms with Gasteiger partial charge in [0.05, 0.1) is 0 Å². The van der Waals surface area contributed by atoms with E-state index < -0.39 is 21.7 Å². The molecule has 10 heteroatoms. The number of sulfonamides is 1. The van der Waals surface area contributed by atoms with Crippen LogP contribution in [0.15, 0.2) is 51.9 Å². The Morgan fingerprint density at radius 1 is 1.08 bits per heavy atom. The fourth-order valence-corrected chi connectivity index (χ4v) is 5.96. The van der Waals surface area contributed by atoms with Crippen molar-refractivity contribution >= 4 is 33.8 Å². The molecule has 0 radical (unpaired) electrons. The molecule has 2 aromatic carbocycles. The smallest absolute Gasteiger partial charge is 0.248 e. The zero-order valence-corrected chi connectivity index (χ0v) is 21.1. The second-order valence-electron chi connectivity index (χ2n) is 8.87. The van der Waals surface area contributed by atoms with Crippen LogP contribution in [0.5, 0.6) is 0 Å². The molecule has 190 valence electrons. The summed E-state index contributed by atoms with van der Waals surface area (Å²) in [5, 5.41) is 3.79. The van der Waals surface area contributed by atoms with E-state index in [0.29, 0.717) is 12.8 Å². The number of aryl methyl sites for hydroxylation is 2. The van der Waals surface area contributed by atoms with E-state index >= 15 is 0 Å². The number of halogens is 2. The maximum absolute atomic E-state index is 14.0. The Bertz CT molecular complexity index is 1390. The molecule has 1 aromatic heterocycles. The summed E-state index contributed by atoms with van der Waals surface area (Å²) >= 11 is 0. The molecule has 1 aliphatic rings. The summed E-state index contributed by atoms with van der Waals surface area (Å²) in [6.07, 6.45) is 3.37. The average molecular weight is 516 g/mol. The highest BCUT2D eigenvalue weighted by Crippen LogP contribution is 2.30. The zero-order chi connectivity index (χ0) is 26.0. The molecule has 1 saturated heterocycles. The Labute approximate surface area is 209 Å². The largest absolute Gasteiger partial charge is 0.355 e. The van der Waals surface area contributed by atoms with Crippen molar-refractivity contribution in [2.45, 2.75) is 31.6 Å². The maximum atomic E-state index is 14.0. The summed E-state index contributed by atoms with van der Waals surface area (Å²) in [5.74, 6) is -1.90. The minimum absolute atomic E-state index is 0.0477. The van der Waals surface area contributed by atoms with Crippen molar-refractivity contribution in [3.05, 3.63) is 76.7 Å². The van der Waals surface area contributed by atoms with Crippen molar-refractivity contribution in [3.63, 3.8) is 0 Å². The molecule has 2 heterocycles. The fourth-order valence-electron chi connectivity index (χ4n) is 4.24. The third-order valence-corrected chi connectivity index (χ3v) is 8.42. The van der Waals surface area contributed by atoms with E-state index in [1.807, 2.05) is 31.2 Å². The van der Waals surface area contributed by atoms with Crippen LogP contribution in [0.4, 0.5) is 14.5 Å². The molecule has 0 saturated carbocycles. The van der Waals surface area contributed by atoms with Crippen molar-refractivity contribution in [3.8, 4) is 0 Å². The van der Waals surface area contributed by atoms with E-state index in [0.717, 1.165) is 23.4 Å². The topological polar surface area (TPSA) is 83.7 Å². The van der Waals surface area contributed by atoms with Crippen LogP contribution in [0.25, 0.3) is 12.2 Å². The molecule has 0 N–H and O–H groups in total. The number of hydrogen-bond donors (Lipinski definition) is 0. The molecule has 4 rings (SSSR count). The van der Waals surface area contributed by atoms with E-state index in [4.69, 9.17) is 4.52 Å². The van der Waals surface area contributed by atoms with Gasteiger partial charge in [0.25, 0.3) is 0 Å². The Hall–Kier alpha value is -3.37. The van der Waals surface area contributed by atoms with Gasteiger partial charge >= 0.3 is 0 Å². The Kier molecular flexibility index (Phi) is 7.37. The zero-order valence-electron chi connectivity index (χ0n) is 20.2. The van der Waals surface area contributed by atoms with E-state index in [1.54, 1.807) is 11.9 Å². The number of aromatic nitrogens is 1. The number of anilines is 1. The van der Waals surface area contributed by atoms with Crippen LogP contribution in [0.2, 0.25) is 0 Å². The molecular weight excluding hydrogens is 488 g/mol. The molecule has 3 aromatic rings. The monoisotopic (exact) mass is 515 g/mol. The standard InChI is InChI=1S/C26H27F2N3O4S/c1-17-4-9-22(10-5-17)30(3)26(32)20-12-14-31(15-13-20)36(33,34)25-18(2)29-35-24(25)11-7-19-6-8-21(27)16-23(19)28/h4-11,16,20H,12-15H2,1-3H3/b11-7+. The van der Waals surface area contributed by atoms with Gasteiger partial charge in [0, 0.05) is 43.4 Å². The summed E-state index contributed by atoms with van der Waals surface area (Å²) < 4.78 is 60.6. The lowest BCUT2D eigenvalue weighted by molar-refractivity contribution is -0.123. The molecule has 1 aliphatic heterocycles. The Morgan fingerprint density at radius 3 is 2.39 bits per heavy atom. The lowest BCUT2D eigenvalue weighted by atomic mass is 9.96. The summed E-state index contributed by atoms with van der Waals surface area (Å²) in [6, 6.07) is 10.7. The minimum atomic E-state index is -3.98. The SMILES string of the molecule is Cc1ccc(N(C)C(=O)C2CCN(S(=O)(=O)c3c(C)noc3/C=C/c3ccc(F)cc3F)CC2)cc1. The minimum Gasteiger partial charge on any atom is -0.355 e. The van der Waals surface area contributed by atoms with Crippen molar-refractivity contribution in [2.24, 2.45) is 5.92 Å². The molecule has 0 atom stereocenters. The number of nitrogens with zero attached hydrogens (tertiary/aromatic N) is 3. The first-order chi connectivity index (χ1) is 17.1. The lowest BCUT2D eigenvalue weighted by Crippen LogP contribution is -2.43. The first-order valence-corrected chi connectivity index (χ1v) is 13.0. The predicted molar refractivity (Wildman–Crippen MR) is 133 cm³/mol. The summed E-state index contributed by atoms with van der Waals surface area (Å²) in [6.45, 7) is 3.82. The molecule has 7 nitrogen and oxygen atoms in total. The van der Waals surface area contributed by atoms with Crippen molar-refractivity contribution < 1.29 is 26.5 Å². The van der Waals surface area contributed by atoms with Gasteiger partial charge in [-0.15, -0.1) is 0 Å². The second-order valence-corrected chi connectivity index (χ2v) is 10.7. The molecule has 1 fully saturated rings. The number of piperidine rings is 1. The highest BCUT2D eigenvalue weighted by molar-refractivity contribution is 7.89. The number of rotatable bonds is 6. The molecule has 0 unspecified atom stereocenters. The van der Waals surface area contributed by atoms with Crippen LogP contribution < -0.4 is 4.90 Å². The van der Waals surface area contributed by atoms with Gasteiger partial charge in [0.2, 0.25) is 15.9 Å². The first-order valence-electron chi connectivity index (χ1n) is 11.5. The molecule has 0 aliphatic carbocycles. The number of carbonyl (C=O) groups excluding carboxylic acids is 1. The van der Waals surface area contributed by atoms with Gasteiger partial charge in [0.15, 0.2) is 10.7 Å². The molecule has 0 bridgehead atoms. The number of carbonyl (C=O) groups is 1. The van der Waals surface area contributed by atoms with Crippen LogP contribution in [0, 0.1) is 31.4 Å². The summed E-state index contributed by atoms with van der Waals surface area (Å²) in [7, 11) is -2.26. The highest BCUT2D eigenvalue weighted by atomic mass is 32.2. The van der Waals surface area contributed by atoms with Crippen molar-refractivity contribution in [1.29, 1.82) is 0 Å². The van der Waals surface area contributed by atoms with Gasteiger partial charge in [-0.25, -0.2) is 17.2 Å². The molecular formula is C26H27F2N3O4S. The summed E-state index contributed by atoms with van der Waals surface area (Å²) in [5.41, 5.74) is 2.13. The maximum Gasteiger partial charge on any atom is 0.248 e. The quantitative estimate of drug-likeness (QED) is 0.471. The number of benzene rings is 2. The third kappa shape index (κ3) is 5.24. The van der Waals surface area contributed by atoms with Crippen molar-refractivity contribution in [2.75, 3.05) is 25.0 Å². The van der Waals surface area contributed by atoms with Crippen molar-refractivity contribution in [1.82, 2.24) is 9.46 Å². The van der Waals surface area contributed by atoms with Gasteiger partial charge in [-0.2, -0.15) is 4.31 Å². The first kappa shape index (κ1) is 25.7. The van der Waals surface area contributed by atoms with Gasteiger partial charge in [-0.05, 0) is 63.1 Å². The lowest BCUT2D eigenvalue weighted by Gasteiger charge is -2.32. The normalized spacial score (nSPS) is 15.5. The van der Waals surface area contributed by atoms with Gasteiger partial charge in [-0.3, -0.25) is 4.79 Å². The van der Waals surface area contributed by atoms with E-state index in [1.165, 1.54) is 29.4 Å². The summed E-state index contributed by atoms with van der Waals surface area (Å²) in [4.78, 5) is 14.5. The van der Waals surface area contributed by atoms with Crippen LogP contribution in [0.1, 0.15) is 35.4 Å². The van der Waals surface area contributed by atoms with E-state index in [-0.39, 0.29) is 46.8 Å². The highest BCUT2D eigenvalue weighted by Gasteiger charge is 2.36. The fraction of sp³-hybridized carbons (Fsp3) is 0.308. The van der Waals surface area contributed by atoms with Crippen LogP contribution in [-0.4, -0.2) is 43.9 Å². The molecule has 0 spiro atoms. The van der Waals surface area contributed by atoms with E-state index in [2.05, 4.69) is 5.16 Å². The van der Waals surface area contributed by atoms with Gasteiger partial charge < -0.3 is 9.42 Å². The predicted octanol–water partition coefficient (Wildman–Crippen LogP) is 4.80. The Balaban J connectivity index is 1.48. The van der Waals surface area contributed by atoms with Crippen LogP contribution >= 0.6 is 0 Å². The van der Waals surface area contributed by atoms with Gasteiger partial charge in [-0.1, -0.05) is 22.9 Å². The van der Waals surface area contributed by atoms with Gasteiger partial charge in [0.1, 0.15) is 17.3 Å². The number of amides is 1. The Morgan fingerprint density at radius 2 is 1.75 bits per heavy atom. The molecule has 1 amide bonds. The number of hydrogen-bond acceptors (Lipinski definition) is 5. The average Bonchev–Trinajstić information content (AvgIpc) is 3.24. The third-order valence-electron chi connectivity index (χ3n) is 6.36. The van der Waals surface area contributed by atoms with E-state index in [9.17, 15) is 22.0 Å².